The van der Waals surface area contributed by atoms with E-state index in [0.717, 1.165) is 23.5 Å². The van der Waals surface area contributed by atoms with Crippen molar-refractivity contribution < 1.29 is 18.7 Å². The molecule has 0 bridgehead atoms. The van der Waals surface area contributed by atoms with E-state index in [2.05, 4.69) is 4.98 Å². The number of thiazole rings is 1. The molecule has 1 amide bonds. The Labute approximate surface area is 124 Å². The molecule has 4 nitrogen and oxygen atoms in total. The fourth-order valence-electron chi connectivity index (χ4n) is 1.77. The van der Waals surface area contributed by atoms with E-state index in [9.17, 15) is 13.6 Å². The molecule has 0 saturated heterocycles. The number of amides is 1. The molecule has 0 aliphatic heterocycles. The van der Waals surface area contributed by atoms with Crippen molar-refractivity contribution in [1.82, 2.24) is 9.88 Å². The van der Waals surface area contributed by atoms with E-state index in [0.29, 0.717) is 21.1 Å². The van der Waals surface area contributed by atoms with Gasteiger partial charge in [-0.25, -0.2) is 13.8 Å². The van der Waals surface area contributed by atoms with Crippen molar-refractivity contribution in [1.29, 1.82) is 0 Å². The summed E-state index contributed by atoms with van der Waals surface area (Å²) >= 11 is 1.12. The first-order valence-corrected chi connectivity index (χ1v) is 7.05. The van der Waals surface area contributed by atoms with Crippen molar-refractivity contribution in [2.45, 2.75) is 6.92 Å². The first kappa shape index (κ1) is 15.5. The predicted octanol–water partition coefficient (Wildman–Crippen LogP) is 2.46. The molecule has 0 radical (unpaired) electrons. The van der Waals surface area contributed by atoms with Gasteiger partial charge < -0.3 is 10.0 Å². The second-order valence-electron chi connectivity index (χ2n) is 4.51. The van der Waals surface area contributed by atoms with Crippen LogP contribution in [0.25, 0.3) is 10.6 Å². The third kappa shape index (κ3) is 3.25. The van der Waals surface area contributed by atoms with Crippen LogP contribution >= 0.6 is 11.3 Å². The van der Waals surface area contributed by atoms with Crippen LogP contribution < -0.4 is 0 Å². The third-order valence-electron chi connectivity index (χ3n) is 2.94. The van der Waals surface area contributed by atoms with Gasteiger partial charge in [-0.1, -0.05) is 0 Å². The van der Waals surface area contributed by atoms with E-state index in [1.165, 1.54) is 11.0 Å². The molecule has 7 heteroatoms. The molecule has 1 aromatic heterocycles. The van der Waals surface area contributed by atoms with Gasteiger partial charge >= 0.3 is 0 Å². The third-order valence-corrected chi connectivity index (χ3v) is 4.13. The number of aromatic nitrogens is 1. The average Bonchev–Trinajstić information content (AvgIpc) is 2.83. The van der Waals surface area contributed by atoms with Crippen LogP contribution in [0.2, 0.25) is 0 Å². The number of carbonyl (C=O) groups excluding carboxylic acids is 1. The van der Waals surface area contributed by atoms with Gasteiger partial charge in [0.1, 0.15) is 9.88 Å². The van der Waals surface area contributed by atoms with Crippen LogP contribution in [0.5, 0.6) is 0 Å². The number of halogens is 2. The molecule has 0 unspecified atom stereocenters. The molecule has 112 valence electrons. The van der Waals surface area contributed by atoms with Gasteiger partial charge in [0.25, 0.3) is 5.91 Å². The molecule has 21 heavy (non-hydrogen) atoms. The number of benzene rings is 1. The molecule has 2 aromatic rings. The zero-order valence-electron chi connectivity index (χ0n) is 11.6. The molecule has 0 saturated carbocycles. The zero-order chi connectivity index (χ0) is 15.6. The molecule has 0 aliphatic rings. The molecule has 1 aromatic carbocycles. The predicted molar refractivity (Wildman–Crippen MR) is 76.2 cm³/mol. The Kier molecular flexibility index (Phi) is 4.64. The summed E-state index contributed by atoms with van der Waals surface area (Å²) in [7, 11) is 1.58. The first-order valence-electron chi connectivity index (χ1n) is 6.23. The normalized spacial score (nSPS) is 10.7. The minimum Gasteiger partial charge on any atom is -0.395 e. The number of aliphatic hydroxyl groups is 1. The van der Waals surface area contributed by atoms with E-state index in [1.807, 2.05) is 0 Å². The Hall–Kier alpha value is -1.86. The summed E-state index contributed by atoms with van der Waals surface area (Å²) in [6.07, 6.45) is 0. The van der Waals surface area contributed by atoms with Gasteiger partial charge in [-0.15, -0.1) is 11.3 Å². The topological polar surface area (TPSA) is 53.4 Å². The second kappa shape index (κ2) is 6.28. The van der Waals surface area contributed by atoms with Gasteiger partial charge in [0.05, 0.1) is 12.3 Å². The number of nitrogens with zero attached hydrogens (tertiary/aromatic N) is 2. The molecule has 1 N–H and O–H groups in total. The van der Waals surface area contributed by atoms with Crippen molar-refractivity contribution in [3.05, 3.63) is 40.4 Å². The van der Waals surface area contributed by atoms with Crippen molar-refractivity contribution in [2.75, 3.05) is 20.2 Å². The van der Waals surface area contributed by atoms with Crippen LogP contribution in [-0.4, -0.2) is 41.1 Å². The number of hydrogen-bond donors (Lipinski definition) is 1. The van der Waals surface area contributed by atoms with E-state index in [4.69, 9.17) is 5.11 Å². The molecule has 0 aliphatic carbocycles. The van der Waals surface area contributed by atoms with Crippen LogP contribution in [-0.2, 0) is 0 Å². The first-order chi connectivity index (χ1) is 9.93. The maximum atomic E-state index is 13.3. The molecular formula is C14H14F2N2O2S. The molecule has 0 spiro atoms. The minimum absolute atomic E-state index is 0.129. The van der Waals surface area contributed by atoms with Gasteiger partial charge in [-0.3, -0.25) is 4.79 Å². The number of likely N-dealkylation sites (N-methyl/N-ethyl adjacent to an activating group) is 1. The Morgan fingerprint density at radius 3 is 2.71 bits per heavy atom. The zero-order valence-corrected chi connectivity index (χ0v) is 12.4. The number of rotatable bonds is 4. The van der Waals surface area contributed by atoms with Crippen molar-refractivity contribution in [2.24, 2.45) is 0 Å². The minimum atomic E-state index is -0.953. The van der Waals surface area contributed by atoms with Crippen molar-refractivity contribution in [3.8, 4) is 10.6 Å². The molecule has 2 rings (SSSR count). The smallest absolute Gasteiger partial charge is 0.265 e. The van der Waals surface area contributed by atoms with Crippen LogP contribution in [0.1, 0.15) is 15.4 Å². The highest BCUT2D eigenvalue weighted by Crippen LogP contribution is 2.29. The lowest BCUT2D eigenvalue weighted by Gasteiger charge is -2.14. The van der Waals surface area contributed by atoms with E-state index < -0.39 is 11.6 Å². The maximum Gasteiger partial charge on any atom is 0.265 e. The summed E-state index contributed by atoms with van der Waals surface area (Å²) in [6, 6.07) is 3.50. The highest BCUT2D eigenvalue weighted by Gasteiger charge is 2.19. The Morgan fingerprint density at radius 1 is 1.38 bits per heavy atom. The van der Waals surface area contributed by atoms with Gasteiger partial charge in [0, 0.05) is 19.2 Å². The second-order valence-corrected chi connectivity index (χ2v) is 5.51. The lowest BCUT2D eigenvalue weighted by molar-refractivity contribution is 0.0771. The van der Waals surface area contributed by atoms with Gasteiger partial charge in [-0.2, -0.15) is 0 Å². The fourth-order valence-corrected chi connectivity index (χ4v) is 2.83. The summed E-state index contributed by atoms with van der Waals surface area (Å²) in [5.41, 5.74) is 0.945. The Bertz CT molecular complexity index is 673. The largest absolute Gasteiger partial charge is 0.395 e. The Balaban J connectivity index is 2.34. The monoisotopic (exact) mass is 312 g/mol. The summed E-state index contributed by atoms with van der Waals surface area (Å²) in [6.45, 7) is 1.77. The number of aryl methyl sites for hydroxylation is 1. The lowest BCUT2D eigenvalue weighted by atomic mass is 10.2. The van der Waals surface area contributed by atoms with Crippen molar-refractivity contribution >= 4 is 17.2 Å². The highest BCUT2D eigenvalue weighted by molar-refractivity contribution is 7.17. The van der Waals surface area contributed by atoms with Gasteiger partial charge in [0.2, 0.25) is 0 Å². The average molecular weight is 312 g/mol. The van der Waals surface area contributed by atoms with E-state index in [1.54, 1.807) is 14.0 Å². The summed E-state index contributed by atoms with van der Waals surface area (Å²) in [5, 5.41) is 9.31. The quantitative estimate of drug-likeness (QED) is 0.943. The Morgan fingerprint density at radius 2 is 2.10 bits per heavy atom. The molecule has 1 heterocycles. The molecule has 0 atom stereocenters. The summed E-state index contributed by atoms with van der Waals surface area (Å²) in [5.74, 6) is -2.13. The number of carbonyl (C=O) groups is 1. The van der Waals surface area contributed by atoms with E-state index in [-0.39, 0.29) is 19.1 Å². The fraction of sp³-hybridized carbons (Fsp3) is 0.286. The highest BCUT2D eigenvalue weighted by atomic mass is 32.1. The van der Waals surface area contributed by atoms with Crippen LogP contribution in [0, 0.1) is 18.6 Å². The molecular weight excluding hydrogens is 298 g/mol. The van der Waals surface area contributed by atoms with Crippen molar-refractivity contribution in [3.63, 3.8) is 0 Å². The summed E-state index contributed by atoms with van der Waals surface area (Å²) < 4.78 is 26.2. The van der Waals surface area contributed by atoms with Crippen LogP contribution in [0.3, 0.4) is 0 Å². The lowest BCUT2D eigenvalue weighted by Crippen LogP contribution is -2.29. The maximum absolute atomic E-state index is 13.3. The SMILES string of the molecule is Cc1nc(-c2ccc(F)c(F)c2)sc1C(=O)N(C)CCO. The summed E-state index contributed by atoms with van der Waals surface area (Å²) in [4.78, 5) is 18.2. The number of aliphatic hydroxyl groups excluding tert-OH is 1. The van der Waals surface area contributed by atoms with Gasteiger partial charge in [-0.05, 0) is 25.1 Å². The standard InChI is InChI=1S/C14H14F2N2O2S/c1-8-12(14(20)18(2)5-6-19)21-13(17-8)9-3-4-10(15)11(16)7-9/h3-4,7,19H,5-6H2,1-2H3. The van der Waals surface area contributed by atoms with E-state index >= 15 is 0 Å². The van der Waals surface area contributed by atoms with Gasteiger partial charge in [0.15, 0.2) is 11.6 Å². The molecule has 0 fully saturated rings. The van der Waals surface area contributed by atoms with Crippen LogP contribution in [0.4, 0.5) is 8.78 Å². The van der Waals surface area contributed by atoms with Crippen LogP contribution in [0.15, 0.2) is 18.2 Å². The number of hydrogen-bond acceptors (Lipinski definition) is 4.